The first kappa shape index (κ1) is 10.7. The number of esters is 1. The molecule has 16 heavy (non-hydrogen) atoms. The molecular weight excluding hydrogens is 206 g/mol. The largest absolute Gasteiger partial charge is 0.623 e. The minimum atomic E-state index is -0.496. The summed E-state index contributed by atoms with van der Waals surface area (Å²) in [5, 5.41) is 11.9. The van der Waals surface area contributed by atoms with Crippen LogP contribution in [0.3, 0.4) is 0 Å². The van der Waals surface area contributed by atoms with Gasteiger partial charge in [-0.15, -0.1) is 0 Å². The number of hydrogen-bond donors (Lipinski definition) is 0. The van der Waals surface area contributed by atoms with E-state index in [-0.39, 0.29) is 12.3 Å². The zero-order valence-corrected chi connectivity index (χ0v) is 9.05. The third-order valence-electron chi connectivity index (χ3n) is 2.68. The molecule has 0 aromatic heterocycles. The normalized spacial score (nSPS) is 20.8. The smallest absolute Gasteiger partial charge is 0.400 e. The lowest BCUT2D eigenvalue weighted by Crippen LogP contribution is -2.37. The first-order valence-electron chi connectivity index (χ1n) is 5.28. The molecule has 0 saturated carbocycles. The highest BCUT2D eigenvalue weighted by Crippen LogP contribution is 2.20. The van der Waals surface area contributed by atoms with Crippen LogP contribution < -0.4 is 0 Å². The van der Waals surface area contributed by atoms with Gasteiger partial charge in [0, 0.05) is 12.0 Å². The summed E-state index contributed by atoms with van der Waals surface area (Å²) < 4.78 is 5.78. The molecule has 4 nitrogen and oxygen atoms in total. The summed E-state index contributed by atoms with van der Waals surface area (Å²) in [6.07, 6.45) is 0.395. The van der Waals surface area contributed by atoms with E-state index in [0.717, 1.165) is 10.3 Å². The number of nitrogens with zero attached hydrogens (tertiary/aromatic N) is 1. The maximum absolute atomic E-state index is 11.9. The molecular formula is C12H13NO3. The quantitative estimate of drug-likeness (QED) is 0.431. The van der Waals surface area contributed by atoms with E-state index in [1.165, 1.54) is 0 Å². The maximum atomic E-state index is 11.9. The van der Waals surface area contributed by atoms with Gasteiger partial charge in [-0.25, -0.2) is 4.79 Å². The third-order valence-corrected chi connectivity index (χ3v) is 2.68. The predicted octanol–water partition coefficient (Wildman–Crippen LogP) is 1.65. The first-order chi connectivity index (χ1) is 7.74. The average molecular weight is 219 g/mol. The van der Waals surface area contributed by atoms with Crippen LogP contribution in [-0.2, 0) is 9.53 Å². The van der Waals surface area contributed by atoms with Crippen molar-refractivity contribution in [2.45, 2.75) is 19.4 Å². The second-order valence-electron chi connectivity index (χ2n) is 3.65. The molecule has 0 N–H and O–H groups in total. The van der Waals surface area contributed by atoms with Gasteiger partial charge < -0.3 is 9.94 Å². The van der Waals surface area contributed by atoms with E-state index in [0.29, 0.717) is 6.42 Å². The Labute approximate surface area is 93.7 Å². The van der Waals surface area contributed by atoms with Crippen molar-refractivity contribution < 1.29 is 14.3 Å². The van der Waals surface area contributed by atoms with E-state index in [4.69, 9.17) is 4.74 Å². The predicted molar refractivity (Wildman–Crippen MR) is 59.1 cm³/mol. The Bertz CT molecular complexity index is 425. The SMILES string of the molecule is CCC1=[N+]([O-])[C@H](c2ccccc2)COC1=O. The molecule has 0 saturated heterocycles. The Morgan fingerprint density at radius 2 is 2.12 bits per heavy atom. The molecule has 0 spiro atoms. The van der Waals surface area contributed by atoms with E-state index in [1.54, 1.807) is 6.92 Å². The van der Waals surface area contributed by atoms with Crippen molar-refractivity contribution in [1.82, 2.24) is 0 Å². The number of cyclic esters (lactones) is 1. The van der Waals surface area contributed by atoms with Crippen molar-refractivity contribution in [3.8, 4) is 0 Å². The zero-order chi connectivity index (χ0) is 11.5. The van der Waals surface area contributed by atoms with Crippen LogP contribution in [0.1, 0.15) is 24.9 Å². The fourth-order valence-electron chi connectivity index (χ4n) is 1.79. The lowest BCUT2D eigenvalue weighted by atomic mass is 10.1. The van der Waals surface area contributed by atoms with Crippen molar-refractivity contribution >= 4 is 11.7 Å². The summed E-state index contributed by atoms with van der Waals surface area (Å²) in [6.45, 7) is 1.89. The van der Waals surface area contributed by atoms with Gasteiger partial charge in [0.2, 0.25) is 6.04 Å². The number of carbonyl (C=O) groups is 1. The molecule has 0 fully saturated rings. The highest BCUT2D eigenvalue weighted by Gasteiger charge is 2.33. The lowest BCUT2D eigenvalue weighted by Gasteiger charge is -2.23. The number of rotatable bonds is 2. The summed E-state index contributed by atoms with van der Waals surface area (Å²) in [5.74, 6) is -0.496. The van der Waals surface area contributed by atoms with Gasteiger partial charge in [-0.1, -0.05) is 37.3 Å². The second-order valence-corrected chi connectivity index (χ2v) is 3.65. The van der Waals surface area contributed by atoms with Crippen LogP contribution in [0.2, 0.25) is 0 Å². The Morgan fingerprint density at radius 3 is 2.75 bits per heavy atom. The van der Waals surface area contributed by atoms with Gasteiger partial charge in [0.25, 0.3) is 5.71 Å². The molecule has 0 aliphatic carbocycles. The minimum absolute atomic E-state index is 0.121. The van der Waals surface area contributed by atoms with Crippen molar-refractivity contribution in [1.29, 1.82) is 0 Å². The van der Waals surface area contributed by atoms with Gasteiger partial charge in [-0.3, -0.25) is 0 Å². The van der Waals surface area contributed by atoms with Crippen LogP contribution in [0.25, 0.3) is 0 Å². The molecule has 1 aliphatic rings. The summed E-state index contributed by atoms with van der Waals surface area (Å²) in [6, 6.07) is 8.94. The Kier molecular flexibility index (Phi) is 2.90. The highest BCUT2D eigenvalue weighted by atomic mass is 16.6. The first-order valence-corrected chi connectivity index (χ1v) is 5.28. The zero-order valence-electron chi connectivity index (χ0n) is 9.05. The Hall–Kier alpha value is -1.84. The highest BCUT2D eigenvalue weighted by molar-refractivity contribution is 6.34. The minimum Gasteiger partial charge on any atom is -0.623 e. The van der Waals surface area contributed by atoms with Crippen LogP contribution in [0.5, 0.6) is 0 Å². The number of hydrogen-bond acceptors (Lipinski definition) is 3. The number of ether oxygens (including phenoxy) is 1. The molecule has 0 amide bonds. The van der Waals surface area contributed by atoms with Crippen molar-refractivity contribution in [2.24, 2.45) is 0 Å². The summed E-state index contributed by atoms with van der Waals surface area (Å²) in [5.41, 5.74) is 1.07. The van der Waals surface area contributed by atoms with Gasteiger partial charge in [0.15, 0.2) is 6.61 Å². The molecule has 1 heterocycles. The molecule has 0 unspecified atom stereocenters. The van der Waals surface area contributed by atoms with E-state index >= 15 is 0 Å². The van der Waals surface area contributed by atoms with E-state index in [1.807, 2.05) is 30.3 Å². The molecule has 1 aliphatic heterocycles. The molecule has 4 heteroatoms. The van der Waals surface area contributed by atoms with Gasteiger partial charge in [-0.05, 0) is 0 Å². The second kappa shape index (κ2) is 4.35. The topological polar surface area (TPSA) is 52.4 Å². The molecule has 2 rings (SSSR count). The van der Waals surface area contributed by atoms with E-state index in [9.17, 15) is 10.0 Å². The molecule has 1 aromatic carbocycles. The standard InChI is InChI=1S/C12H13NO3/c1-2-10-12(14)16-8-11(13(10)15)9-6-4-3-5-7-9/h3-7,11H,2,8H2,1H3/t11-/m0/s1. The number of carbonyl (C=O) groups excluding carboxylic acids is 1. The Balaban J connectivity index is 2.38. The Morgan fingerprint density at radius 1 is 1.44 bits per heavy atom. The van der Waals surface area contributed by atoms with E-state index in [2.05, 4.69) is 0 Å². The van der Waals surface area contributed by atoms with Crippen molar-refractivity contribution in [3.05, 3.63) is 41.1 Å². The monoisotopic (exact) mass is 219 g/mol. The lowest BCUT2D eigenvalue weighted by molar-refractivity contribution is -0.517. The summed E-state index contributed by atoms with van der Waals surface area (Å²) >= 11 is 0. The van der Waals surface area contributed by atoms with Gasteiger partial charge in [-0.2, -0.15) is 4.74 Å². The van der Waals surface area contributed by atoms with Gasteiger partial charge in [0.05, 0.1) is 0 Å². The maximum Gasteiger partial charge on any atom is 0.400 e. The van der Waals surface area contributed by atoms with Gasteiger partial charge in [0.1, 0.15) is 0 Å². The third kappa shape index (κ3) is 1.78. The van der Waals surface area contributed by atoms with Gasteiger partial charge >= 0.3 is 5.97 Å². The average Bonchev–Trinajstić information content (AvgIpc) is 2.31. The summed E-state index contributed by atoms with van der Waals surface area (Å²) in [7, 11) is 0. The summed E-state index contributed by atoms with van der Waals surface area (Å²) in [4.78, 5) is 11.3. The van der Waals surface area contributed by atoms with Crippen molar-refractivity contribution in [2.75, 3.05) is 6.61 Å². The molecule has 84 valence electrons. The molecule has 1 aromatic rings. The fraction of sp³-hybridized carbons (Fsp3) is 0.333. The molecule has 0 bridgehead atoms. The molecule has 0 radical (unpaired) electrons. The van der Waals surface area contributed by atoms with Crippen LogP contribution in [0.15, 0.2) is 30.3 Å². The van der Waals surface area contributed by atoms with Crippen LogP contribution >= 0.6 is 0 Å². The van der Waals surface area contributed by atoms with E-state index < -0.39 is 12.0 Å². The number of benzene rings is 1. The number of hydroxylamine groups is 1. The van der Waals surface area contributed by atoms with Crippen molar-refractivity contribution in [3.63, 3.8) is 0 Å². The van der Waals surface area contributed by atoms with Crippen LogP contribution in [0.4, 0.5) is 0 Å². The van der Waals surface area contributed by atoms with Crippen LogP contribution in [0, 0.1) is 5.21 Å². The molecule has 1 atom stereocenters. The fourth-order valence-corrected chi connectivity index (χ4v) is 1.79. The van der Waals surface area contributed by atoms with Crippen LogP contribution in [-0.4, -0.2) is 23.0 Å².